The number of fused-ring (bicyclic) bond motifs is 1. The maximum absolute atomic E-state index is 12.8. The molecule has 1 amide bonds. The van der Waals surface area contributed by atoms with Crippen LogP contribution in [0.25, 0.3) is 16.5 Å². The third-order valence-electron chi connectivity index (χ3n) is 5.43. The van der Waals surface area contributed by atoms with Crippen molar-refractivity contribution >= 4 is 45.2 Å². The monoisotopic (exact) mass is 430 g/mol. The Bertz CT molecular complexity index is 1340. The van der Waals surface area contributed by atoms with Crippen LogP contribution in [0.2, 0.25) is 0 Å². The van der Waals surface area contributed by atoms with E-state index in [1.165, 1.54) is 24.2 Å². The van der Waals surface area contributed by atoms with Crippen LogP contribution in [0.15, 0.2) is 48.5 Å². The van der Waals surface area contributed by atoms with Gasteiger partial charge in [-0.15, -0.1) is 11.3 Å². The molecule has 7 nitrogen and oxygen atoms in total. The van der Waals surface area contributed by atoms with Gasteiger partial charge >= 0.3 is 0 Å². The second-order valence-electron chi connectivity index (χ2n) is 7.70. The van der Waals surface area contributed by atoms with Crippen molar-refractivity contribution in [3.63, 3.8) is 0 Å². The number of amides is 1. The van der Waals surface area contributed by atoms with E-state index in [0.717, 1.165) is 38.3 Å². The molecule has 31 heavy (non-hydrogen) atoms. The number of hydrogen-bond acceptors (Lipinski definition) is 5. The molecular weight excluding hydrogens is 408 g/mol. The van der Waals surface area contributed by atoms with E-state index >= 15 is 0 Å². The summed E-state index contributed by atoms with van der Waals surface area (Å²) in [5.74, 6) is 0.936. The zero-order chi connectivity index (χ0) is 21.5. The number of nitrogens with zero attached hydrogens (tertiary/aromatic N) is 2. The summed E-state index contributed by atoms with van der Waals surface area (Å²) in [4.78, 5) is 20.4. The van der Waals surface area contributed by atoms with Gasteiger partial charge < -0.3 is 16.0 Å². The number of hydrogen-bond donors (Lipinski definition) is 4. The van der Waals surface area contributed by atoms with Crippen LogP contribution in [0, 0.1) is 6.92 Å². The van der Waals surface area contributed by atoms with Gasteiger partial charge in [0.1, 0.15) is 11.5 Å². The van der Waals surface area contributed by atoms with E-state index in [1.54, 1.807) is 17.7 Å². The molecule has 0 atom stereocenters. The summed E-state index contributed by atoms with van der Waals surface area (Å²) >= 11 is 1.44. The average molecular weight is 431 g/mol. The summed E-state index contributed by atoms with van der Waals surface area (Å²) < 4.78 is 0. The lowest BCUT2D eigenvalue weighted by molar-refractivity contribution is 0.102. The molecule has 0 aliphatic heterocycles. The van der Waals surface area contributed by atoms with Gasteiger partial charge in [-0.05, 0) is 55.0 Å². The number of nitrogens with two attached hydrogens (primary N) is 1. The number of nitrogens with one attached hydrogen (secondary N) is 3. The van der Waals surface area contributed by atoms with Gasteiger partial charge in [-0.2, -0.15) is 5.10 Å². The largest absolute Gasteiger partial charge is 0.385 e. The molecule has 5 N–H and O–H groups in total. The zero-order valence-corrected chi connectivity index (χ0v) is 17.8. The summed E-state index contributed by atoms with van der Waals surface area (Å²) in [7, 11) is 0. The number of allylic oxidation sites excluding steroid dienone is 2. The van der Waals surface area contributed by atoms with E-state index in [9.17, 15) is 4.79 Å². The first-order valence-corrected chi connectivity index (χ1v) is 10.9. The molecule has 0 radical (unpaired) electrons. The van der Waals surface area contributed by atoms with E-state index in [1.807, 2.05) is 25.1 Å². The Labute approximate surface area is 183 Å². The van der Waals surface area contributed by atoms with Gasteiger partial charge in [-0.25, -0.2) is 4.98 Å². The van der Waals surface area contributed by atoms with Crippen LogP contribution in [-0.4, -0.2) is 26.1 Å². The molecule has 3 heterocycles. The number of nitrogen functional groups attached to an aromatic ring is 1. The number of aromatic amines is 2. The van der Waals surface area contributed by atoms with Crippen LogP contribution in [0.5, 0.6) is 0 Å². The van der Waals surface area contributed by atoms with Crippen LogP contribution < -0.4 is 11.1 Å². The normalized spacial score (nSPS) is 14.2. The maximum atomic E-state index is 12.8. The number of thiazole rings is 1. The number of aromatic nitrogens is 4. The Morgan fingerprint density at radius 1 is 1.35 bits per heavy atom. The molecule has 0 unspecified atom stereocenters. The molecule has 1 aliphatic carbocycles. The van der Waals surface area contributed by atoms with Crippen LogP contribution >= 0.6 is 11.3 Å². The molecule has 0 spiro atoms. The van der Waals surface area contributed by atoms with E-state index in [2.05, 4.69) is 38.1 Å². The summed E-state index contributed by atoms with van der Waals surface area (Å²) in [6.07, 6.45) is 7.75. The Balaban J connectivity index is 1.58. The maximum Gasteiger partial charge on any atom is 0.275 e. The molecule has 1 aliphatic rings. The van der Waals surface area contributed by atoms with Gasteiger partial charge in [0.25, 0.3) is 5.91 Å². The molecule has 4 aromatic rings. The van der Waals surface area contributed by atoms with Crippen molar-refractivity contribution in [3.05, 3.63) is 76.0 Å². The van der Waals surface area contributed by atoms with Gasteiger partial charge in [0.2, 0.25) is 0 Å². The summed E-state index contributed by atoms with van der Waals surface area (Å²) in [5, 5.41) is 13.6. The Morgan fingerprint density at radius 3 is 2.90 bits per heavy atom. The highest BCUT2D eigenvalue weighted by Gasteiger charge is 2.27. The van der Waals surface area contributed by atoms with Gasteiger partial charge in [-0.1, -0.05) is 18.7 Å². The van der Waals surface area contributed by atoms with Crippen molar-refractivity contribution in [2.75, 3.05) is 11.1 Å². The first-order chi connectivity index (χ1) is 15.0. The number of rotatable bonds is 6. The number of anilines is 2. The van der Waals surface area contributed by atoms with Crippen molar-refractivity contribution in [2.45, 2.75) is 25.7 Å². The number of H-pyrrole nitrogens is 2. The third-order valence-corrected chi connectivity index (χ3v) is 6.20. The molecule has 1 fully saturated rings. The number of benzene rings is 1. The fourth-order valence-corrected chi connectivity index (χ4v) is 4.35. The molecule has 1 saturated carbocycles. The molecule has 0 bridgehead atoms. The van der Waals surface area contributed by atoms with Crippen molar-refractivity contribution in [3.8, 4) is 0 Å². The predicted octanol–water partition coefficient (Wildman–Crippen LogP) is 4.99. The standard InChI is InChI=1S/C23H22N6OS/c1-3-4-15(16-9-18(13-5-6-13)27-22(16)24)14-7-19(17-10-25-29-20(17)8-14)28-23(30)21-11-31-12(2)26-21/h3-4,7-11,13,27H,1,5-6,24H2,2H3,(H,25,29)(H,28,30)/b15-4-. The Kier molecular flexibility index (Phi) is 4.71. The van der Waals surface area contributed by atoms with Crippen LogP contribution in [-0.2, 0) is 0 Å². The highest BCUT2D eigenvalue weighted by Crippen LogP contribution is 2.42. The summed E-state index contributed by atoms with van der Waals surface area (Å²) in [6, 6.07) is 6.06. The minimum Gasteiger partial charge on any atom is -0.385 e. The fourth-order valence-electron chi connectivity index (χ4n) is 3.75. The molecule has 5 rings (SSSR count). The van der Waals surface area contributed by atoms with Crippen molar-refractivity contribution in [1.29, 1.82) is 0 Å². The third kappa shape index (κ3) is 3.66. The molecule has 1 aromatic carbocycles. The lowest BCUT2D eigenvalue weighted by atomic mass is 9.96. The number of carbonyl (C=O) groups is 1. The number of carbonyl (C=O) groups excluding carboxylic acids is 1. The second-order valence-corrected chi connectivity index (χ2v) is 8.77. The summed E-state index contributed by atoms with van der Waals surface area (Å²) in [6.45, 7) is 5.75. The van der Waals surface area contributed by atoms with Gasteiger partial charge in [0, 0.05) is 22.0 Å². The predicted molar refractivity (Wildman–Crippen MR) is 125 cm³/mol. The summed E-state index contributed by atoms with van der Waals surface area (Å²) in [5.41, 5.74) is 12.1. The minimum absolute atomic E-state index is 0.254. The average Bonchev–Trinajstić information content (AvgIpc) is 3.13. The van der Waals surface area contributed by atoms with Crippen LogP contribution in [0.1, 0.15) is 51.1 Å². The van der Waals surface area contributed by atoms with E-state index in [0.29, 0.717) is 23.1 Å². The van der Waals surface area contributed by atoms with E-state index in [-0.39, 0.29) is 5.91 Å². The highest BCUT2D eigenvalue weighted by molar-refractivity contribution is 7.09. The Morgan fingerprint density at radius 2 is 2.19 bits per heavy atom. The molecule has 3 aromatic heterocycles. The zero-order valence-electron chi connectivity index (χ0n) is 17.0. The Hall–Kier alpha value is -3.65. The molecular formula is C23H22N6OS. The van der Waals surface area contributed by atoms with E-state index in [4.69, 9.17) is 5.73 Å². The van der Waals surface area contributed by atoms with Crippen molar-refractivity contribution in [1.82, 2.24) is 20.2 Å². The quantitative estimate of drug-likeness (QED) is 0.323. The fraction of sp³-hybridized carbons (Fsp3) is 0.174. The van der Waals surface area contributed by atoms with Crippen molar-refractivity contribution in [2.24, 2.45) is 0 Å². The van der Waals surface area contributed by atoms with E-state index < -0.39 is 0 Å². The molecule has 8 heteroatoms. The number of aryl methyl sites for hydroxylation is 1. The van der Waals surface area contributed by atoms with Gasteiger partial charge in [0.15, 0.2) is 0 Å². The molecule has 0 saturated heterocycles. The van der Waals surface area contributed by atoms with Gasteiger partial charge in [-0.3, -0.25) is 9.89 Å². The van der Waals surface area contributed by atoms with Crippen molar-refractivity contribution < 1.29 is 4.79 Å². The first kappa shape index (κ1) is 19.3. The smallest absolute Gasteiger partial charge is 0.275 e. The minimum atomic E-state index is -0.254. The second kappa shape index (κ2) is 7.55. The lowest BCUT2D eigenvalue weighted by Crippen LogP contribution is -2.12. The van der Waals surface area contributed by atoms with Gasteiger partial charge in [0.05, 0.1) is 22.4 Å². The lowest BCUT2D eigenvalue weighted by Gasteiger charge is -2.11. The highest BCUT2D eigenvalue weighted by atomic mass is 32.1. The topological polar surface area (TPSA) is 112 Å². The van der Waals surface area contributed by atoms with Crippen LogP contribution in [0.4, 0.5) is 11.5 Å². The first-order valence-electron chi connectivity index (χ1n) is 10.1. The van der Waals surface area contributed by atoms with Crippen LogP contribution in [0.3, 0.4) is 0 Å². The molecule has 156 valence electrons. The SMILES string of the molecule is C=C/C=C(/c1cc(NC(=O)c2csc(C)n2)c2cn[nH]c2c1)c1cc(C2CC2)[nH]c1N.